The lowest BCUT2D eigenvalue weighted by Crippen LogP contribution is -2.18. The molecule has 0 amide bonds. The quantitative estimate of drug-likeness (QED) is 0.528. The van der Waals surface area contributed by atoms with E-state index in [9.17, 15) is 13.9 Å². The monoisotopic (exact) mass is 427 g/mol. The third kappa shape index (κ3) is 4.83. The molecule has 0 aliphatic rings. The molecule has 0 saturated carbocycles. The van der Waals surface area contributed by atoms with Crippen LogP contribution in [-0.4, -0.2) is 31.0 Å². The molecule has 3 aromatic rings. The lowest BCUT2D eigenvalue weighted by molar-refractivity contribution is 0.0782. The second-order valence-corrected chi connectivity index (χ2v) is 8.67. The van der Waals surface area contributed by atoms with Crippen molar-refractivity contribution in [1.29, 1.82) is 0 Å². The van der Waals surface area contributed by atoms with Crippen LogP contribution < -0.4 is 4.31 Å². The molecule has 0 bridgehead atoms. The van der Waals surface area contributed by atoms with Gasteiger partial charge in [-0.1, -0.05) is 13.0 Å². The lowest BCUT2D eigenvalue weighted by atomic mass is 10.0. The molecule has 0 atom stereocenters. The van der Waals surface area contributed by atoms with Gasteiger partial charge >= 0.3 is 6.43 Å². The van der Waals surface area contributed by atoms with Gasteiger partial charge in [0.2, 0.25) is 0 Å². The fourth-order valence-corrected chi connectivity index (χ4v) is 3.95. The molecule has 28 heavy (non-hydrogen) atoms. The summed E-state index contributed by atoms with van der Waals surface area (Å²) in [5.74, 6) is 0.883. The Morgan fingerprint density at radius 1 is 1.25 bits per heavy atom. The molecule has 11 heteroatoms. The number of alkyl halides is 2. The Morgan fingerprint density at radius 2 is 2.04 bits per heavy atom. The summed E-state index contributed by atoms with van der Waals surface area (Å²) >= 11 is 2.87. The second-order valence-electron chi connectivity index (χ2n) is 6.28. The third-order valence-corrected chi connectivity index (χ3v) is 5.52. The van der Waals surface area contributed by atoms with Gasteiger partial charge in [0, 0.05) is 17.5 Å². The van der Waals surface area contributed by atoms with Crippen molar-refractivity contribution < 1.29 is 18.3 Å². The van der Waals surface area contributed by atoms with Crippen LogP contribution in [0.4, 0.5) is 14.6 Å². The topological polar surface area (TPSA) is 88.2 Å². The first-order valence-electron chi connectivity index (χ1n) is 8.44. The van der Waals surface area contributed by atoms with E-state index in [0.717, 1.165) is 22.1 Å². The van der Waals surface area contributed by atoms with Crippen LogP contribution in [0, 0.1) is 0 Å². The van der Waals surface area contributed by atoms with Gasteiger partial charge in [0.05, 0.1) is 18.3 Å². The molecule has 0 spiro atoms. The summed E-state index contributed by atoms with van der Waals surface area (Å²) in [7, 11) is 0. The highest BCUT2D eigenvalue weighted by atomic mass is 32.2. The van der Waals surface area contributed by atoms with Crippen molar-refractivity contribution in [2.45, 2.75) is 39.3 Å². The van der Waals surface area contributed by atoms with Gasteiger partial charge < -0.3 is 9.52 Å². The van der Waals surface area contributed by atoms with Crippen LogP contribution in [0.25, 0.3) is 10.8 Å². The molecule has 0 aromatic carbocycles. The van der Waals surface area contributed by atoms with E-state index in [2.05, 4.69) is 20.2 Å². The Morgan fingerprint density at radius 3 is 2.61 bits per heavy atom. The summed E-state index contributed by atoms with van der Waals surface area (Å²) in [6, 6.07) is 3.68. The van der Waals surface area contributed by atoms with Crippen LogP contribution in [0.2, 0.25) is 0 Å². The Balaban J connectivity index is 1.76. The summed E-state index contributed by atoms with van der Waals surface area (Å²) < 4.78 is 32.2. The normalized spacial score (nSPS) is 12.0. The first-order valence-corrected chi connectivity index (χ1v) is 10.2. The maximum Gasteiger partial charge on any atom is 0.314 e. The fraction of sp³-hybridized carbons (Fsp3) is 0.412. The molecule has 7 nitrogen and oxygen atoms in total. The summed E-state index contributed by atoms with van der Waals surface area (Å²) in [5.41, 5.74) is -0.236. The van der Waals surface area contributed by atoms with Gasteiger partial charge in [-0.3, -0.25) is 4.31 Å². The Bertz CT molecular complexity index is 909. The smallest absolute Gasteiger partial charge is 0.314 e. The Hall–Kier alpha value is -2.11. The highest BCUT2D eigenvalue weighted by molar-refractivity contribution is 8.00. The molecule has 3 aromatic heterocycles. The largest absolute Gasteiger partial charge is 0.414 e. The van der Waals surface area contributed by atoms with E-state index in [0.29, 0.717) is 11.4 Å². The van der Waals surface area contributed by atoms with Gasteiger partial charge in [-0.15, -0.1) is 21.5 Å². The predicted molar refractivity (Wildman–Crippen MR) is 104 cm³/mol. The number of hydrogen-bond donors (Lipinski definition) is 1. The lowest BCUT2D eigenvalue weighted by Gasteiger charge is -2.22. The number of rotatable bonds is 8. The van der Waals surface area contributed by atoms with Gasteiger partial charge in [0.1, 0.15) is 15.7 Å². The fourth-order valence-electron chi connectivity index (χ4n) is 2.27. The highest BCUT2D eigenvalue weighted by Gasteiger charge is 2.20. The van der Waals surface area contributed by atoms with Gasteiger partial charge in [0.15, 0.2) is 0 Å². The molecule has 1 N–H and O–H groups in total. The van der Waals surface area contributed by atoms with Crippen molar-refractivity contribution in [1.82, 2.24) is 20.2 Å². The zero-order valence-corrected chi connectivity index (χ0v) is 17.1. The molecule has 0 aliphatic carbocycles. The first-order chi connectivity index (χ1) is 13.3. The first kappa shape index (κ1) is 20.6. The number of halogens is 2. The SMILES string of the molecule is CCSN(Cc1ncc(-c2nnc(C(F)F)o2)s1)c1ccc(C(C)(C)O)cn1. The van der Waals surface area contributed by atoms with Crippen LogP contribution in [-0.2, 0) is 12.1 Å². The average Bonchev–Trinajstić information content (AvgIpc) is 3.30. The molecule has 150 valence electrons. The molecule has 3 heterocycles. The van der Waals surface area contributed by atoms with E-state index in [4.69, 9.17) is 4.42 Å². The van der Waals surface area contributed by atoms with Crippen molar-refractivity contribution in [2.75, 3.05) is 10.1 Å². The van der Waals surface area contributed by atoms with Crippen molar-refractivity contribution in [2.24, 2.45) is 0 Å². The van der Waals surface area contributed by atoms with Crippen LogP contribution in [0.3, 0.4) is 0 Å². The molecule has 0 aliphatic heterocycles. The van der Waals surface area contributed by atoms with E-state index >= 15 is 0 Å². The molecule has 3 rings (SSSR count). The third-order valence-electron chi connectivity index (χ3n) is 3.67. The van der Waals surface area contributed by atoms with Crippen LogP contribution in [0.1, 0.15) is 43.7 Å². The predicted octanol–water partition coefficient (Wildman–Crippen LogP) is 4.43. The number of pyridine rings is 1. The number of hydrogen-bond acceptors (Lipinski definition) is 9. The maximum atomic E-state index is 12.6. The maximum absolute atomic E-state index is 12.6. The molecule has 0 saturated heterocycles. The van der Waals surface area contributed by atoms with E-state index < -0.39 is 17.9 Å². The van der Waals surface area contributed by atoms with Crippen molar-refractivity contribution in [3.05, 3.63) is 41.0 Å². The molecular weight excluding hydrogens is 408 g/mol. The minimum atomic E-state index is -2.80. The summed E-state index contributed by atoms with van der Waals surface area (Å²) in [6.45, 7) is 5.90. The van der Waals surface area contributed by atoms with E-state index in [1.165, 1.54) is 17.5 Å². The van der Waals surface area contributed by atoms with Crippen LogP contribution in [0.15, 0.2) is 28.9 Å². The molecule has 0 fully saturated rings. The highest BCUT2D eigenvalue weighted by Crippen LogP contribution is 2.31. The molecule has 0 unspecified atom stereocenters. The summed E-state index contributed by atoms with van der Waals surface area (Å²) in [4.78, 5) is 9.31. The zero-order valence-electron chi connectivity index (χ0n) is 15.5. The average molecular weight is 428 g/mol. The molecule has 0 radical (unpaired) electrons. The van der Waals surface area contributed by atoms with Crippen LogP contribution in [0.5, 0.6) is 0 Å². The molecular formula is C17H19F2N5O2S2. The Labute approximate surface area is 169 Å². The standard InChI is InChI=1S/C17H19F2N5O2S2/c1-4-27-24(12-6-5-10(7-20-12)17(2,3)25)9-13-21-8-11(28-13)15-22-23-16(26-15)14(18)19/h5-8,14,25H,4,9H2,1-3H3. The number of nitrogens with zero attached hydrogens (tertiary/aromatic N) is 5. The van der Waals surface area contributed by atoms with E-state index in [-0.39, 0.29) is 5.89 Å². The van der Waals surface area contributed by atoms with Crippen molar-refractivity contribution in [3.8, 4) is 10.8 Å². The Kier molecular flexibility index (Phi) is 6.26. The van der Waals surface area contributed by atoms with Crippen molar-refractivity contribution in [3.63, 3.8) is 0 Å². The summed E-state index contributed by atoms with van der Waals surface area (Å²) in [5, 5.41) is 17.8. The van der Waals surface area contributed by atoms with Gasteiger partial charge in [-0.25, -0.2) is 9.97 Å². The number of thiazole rings is 1. The summed E-state index contributed by atoms with van der Waals surface area (Å²) in [6.07, 6.45) is 0.376. The van der Waals surface area contributed by atoms with E-state index in [1.54, 1.807) is 32.0 Å². The van der Waals surface area contributed by atoms with E-state index in [1.807, 2.05) is 23.4 Å². The van der Waals surface area contributed by atoms with Gasteiger partial charge in [0.25, 0.3) is 11.8 Å². The number of aromatic nitrogens is 4. The number of aliphatic hydroxyl groups is 1. The van der Waals surface area contributed by atoms with Crippen molar-refractivity contribution >= 4 is 29.1 Å². The second kappa shape index (κ2) is 8.50. The van der Waals surface area contributed by atoms with Gasteiger partial charge in [-0.2, -0.15) is 8.78 Å². The number of anilines is 1. The van der Waals surface area contributed by atoms with Gasteiger partial charge in [-0.05, 0) is 31.9 Å². The zero-order chi connectivity index (χ0) is 20.3. The minimum Gasteiger partial charge on any atom is -0.414 e. The van der Waals surface area contributed by atoms with Crippen LogP contribution >= 0.6 is 23.3 Å². The minimum absolute atomic E-state index is 0.0291.